The van der Waals surface area contributed by atoms with Gasteiger partial charge in [0.1, 0.15) is 11.3 Å². The fourth-order valence-electron chi connectivity index (χ4n) is 5.16. The molecule has 1 fully saturated rings. The van der Waals surface area contributed by atoms with Gasteiger partial charge in [-0.1, -0.05) is 31.5 Å². The molecule has 0 radical (unpaired) electrons. The Kier molecular flexibility index (Phi) is 6.17. The fourth-order valence-corrected chi connectivity index (χ4v) is 5.16. The first kappa shape index (κ1) is 22.7. The molecule has 1 saturated heterocycles. The van der Waals surface area contributed by atoms with Gasteiger partial charge in [-0.05, 0) is 68.0 Å². The summed E-state index contributed by atoms with van der Waals surface area (Å²) in [6.07, 6.45) is 3.85. The number of hydrogen-bond acceptors (Lipinski definition) is 5. The second kappa shape index (κ2) is 9.26. The topological polar surface area (TPSA) is 69.0 Å². The number of carbonyl (C=O) groups is 1. The molecule has 0 spiro atoms. The van der Waals surface area contributed by atoms with Crippen molar-refractivity contribution in [3.05, 3.63) is 74.6 Å². The van der Waals surface area contributed by atoms with Gasteiger partial charge in [-0.25, -0.2) is 0 Å². The molecule has 3 aromatic rings. The highest BCUT2D eigenvalue weighted by atomic mass is 16.5. The number of unbranched alkanes of at least 4 members (excludes halogenated alkanes) is 1. The second-order valence-corrected chi connectivity index (χ2v) is 9.40. The number of amides is 1. The third-order valence-corrected chi connectivity index (χ3v) is 6.78. The molecule has 2 atom stereocenters. The van der Waals surface area contributed by atoms with Crippen LogP contribution in [-0.4, -0.2) is 36.7 Å². The van der Waals surface area contributed by atoms with Gasteiger partial charge in [0.2, 0.25) is 5.76 Å². The zero-order valence-corrected chi connectivity index (χ0v) is 20.1. The van der Waals surface area contributed by atoms with Gasteiger partial charge in [0, 0.05) is 13.2 Å². The molecule has 3 heterocycles. The molecule has 2 aliphatic rings. The van der Waals surface area contributed by atoms with E-state index in [2.05, 4.69) is 6.92 Å². The number of aryl methyl sites for hydroxylation is 2. The molecule has 2 aliphatic heterocycles. The van der Waals surface area contributed by atoms with Gasteiger partial charge in [0.05, 0.1) is 29.7 Å². The molecule has 5 rings (SSSR count). The molecule has 1 amide bonds. The third-order valence-electron chi connectivity index (χ3n) is 6.78. The van der Waals surface area contributed by atoms with E-state index in [-0.39, 0.29) is 23.2 Å². The minimum Gasteiger partial charge on any atom is -0.494 e. The standard InChI is InChI=1S/C28H31NO5/c1-4-5-11-32-20-9-6-8-19(15-20)25-24-26(30)23-18(3)13-17(2)14-22(23)34-27(24)28(31)29(25)16-21-10-7-12-33-21/h6,8-9,13-15,21,25H,4-5,7,10-12,16H2,1-3H3. The van der Waals surface area contributed by atoms with Crippen molar-refractivity contribution in [1.82, 2.24) is 4.90 Å². The Morgan fingerprint density at radius 1 is 1.15 bits per heavy atom. The highest BCUT2D eigenvalue weighted by molar-refractivity contribution is 5.99. The van der Waals surface area contributed by atoms with Crippen LogP contribution in [0.2, 0.25) is 0 Å². The van der Waals surface area contributed by atoms with Crippen molar-refractivity contribution in [1.29, 1.82) is 0 Å². The quantitative estimate of drug-likeness (QED) is 0.446. The maximum absolute atomic E-state index is 13.9. The maximum atomic E-state index is 13.9. The summed E-state index contributed by atoms with van der Waals surface area (Å²) < 4.78 is 17.9. The van der Waals surface area contributed by atoms with Crippen molar-refractivity contribution >= 4 is 16.9 Å². The summed E-state index contributed by atoms with van der Waals surface area (Å²) in [7, 11) is 0. The molecular weight excluding hydrogens is 430 g/mol. The SMILES string of the molecule is CCCCOc1cccc(C2c3c(oc4cc(C)cc(C)c4c3=O)C(=O)N2CC2CCCO2)c1. The maximum Gasteiger partial charge on any atom is 0.291 e. The molecule has 2 aromatic carbocycles. The second-order valence-electron chi connectivity index (χ2n) is 9.40. The van der Waals surface area contributed by atoms with Crippen molar-refractivity contribution in [2.24, 2.45) is 0 Å². The van der Waals surface area contributed by atoms with E-state index in [1.807, 2.05) is 50.2 Å². The van der Waals surface area contributed by atoms with Gasteiger partial charge in [0.25, 0.3) is 5.91 Å². The molecule has 0 N–H and O–H groups in total. The van der Waals surface area contributed by atoms with Crippen LogP contribution in [0.25, 0.3) is 11.0 Å². The van der Waals surface area contributed by atoms with Crippen LogP contribution in [0.3, 0.4) is 0 Å². The number of ether oxygens (including phenoxy) is 2. The fraction of sp³-hybridized carbons (Fsp3) is 0.429. The molecule has 6 heteroatoms. The molecule has 2 unspecified atom stereocenters. The lowest BCUT2D eigenvalue weighted by atomic mass is 9.96. The monoisotopic (exact) mass is 461 g/mol. The van der Waals surface area contributed by atoms with Crippen molar-refractivity contribution in [2.45, 2.75) is 58.6 Å². The molecule has 1 aromatic heterocycles. The molecule has 6 nitrogen and oxygen atoms in total. The van der Waals surface area contributed by atoms with E-state index >= 15 is 0 Å². The first-order valence-corrected chi connectivity index (χ1v) is 12.2. The Morgan fingerprint density at radius 2 is 2.00 bits per heavy atom. The van der Waals surface area contributed by atoms with Gasteiger partial charge in [-0.3, -0.25) is 9.59 Å². The van der Waals surface area contributed by atoms with Crippen molar-refractivity contribution in [2.75, 3.05) is 19.8 Å². The minimum absolute atomic E-state index is 0.0433. The third kappa shape index (κ3) is 4.00. The molecule has 0 aliphatic carbocycles. The first-order chi connectivity index (χ1) is 16.5. The molecule has 178 valence electrons. The van der Waals surface area contributed by atoms with Gasteiger partial charge in [-0.15, -0.1) is 0 Å². The summed E-state index contributed by atoms with van der Waals surface area (Å²) in [6.45, 7) is 7.74. The first-order valence-electron chi connectivity index (χ1n) is 12.2. The van der Waals surface area contributed by atoms with E-state index in [1.165, 1.54) is 0 Å². The molecule has 34 heavy (non-hydrogen) atoms. The summed E-state index contributed by atoms with van der Waals surface area (Å²) in [5.74, 6) is 0.620. The smallest absolute Gasteiger partial charge is 0.291 e. The predicted octanol–water partition coefficient (Wildman–Crippen LogP) is 5.31. The normalized spacial score (nSPS) is 19.7. The summed E-state index contributed by atoms with van der Waals surface area (Å²) in [6, 6.07) is 11.0. The molecule has 0 bridgehead atoms. The van der Waals surface area contributed by atoms with E-state index in [9.17, 15) is 9.59 Å². The summed E-state index contributed by atoms with van der Waals surface area (Å²) in [4.78, 5) is 29.2. The van der Waals surface area contributed by atoms with E-state index in [4.69, 9.17) is 13.9 Å². The van der Waals surface area contributed by atoms with E-state index in [1.54, 1.807) is 4.90 Å². The number of carbonyl (C=O) groups excluding carboxylic acids is 1. The average molecular weight is 462 g/mol. The average Bonchev–Trinajstić information content (AvgIpc) is 3.41. The Balaban J connectivity index is 1.65. The van der Waals surface area contributed by atoms with Gasteiger partial charge >= 0.3 is 0 Å². The largest absolute Gasteiger partial charge is 0.494 e. The van der Waals surface area contributed by atoms with E-state index in [0.29, 0.717) is 36.3 Å². The minimum atomic E-state index is -0.539. The lowest BCUT2D eigenvalue weighted by Gasteiger charge is -2.27. The summed E-state index contributed by atoms with van der Waals surface area (Å²) in [5.41, 5.74) is 3.42. The highest BCUT2D eigenvalue weighted by Crippen LogP contribution is 2.40. The zero-order chi connectivity index (χ0) is 23.8. The van der Waals surface area contributed by atoms with E-state index < -0.39 is 6.04 Å². The van der Waals surface area contributed by atoms with Gasteiger partial charge < -0.3 is 18.8 Å². The van der Waals surface area contributed by atoms with Crippen molar-refractivity contribution in [3.63, 3.8) is 0 Å². The van der Waals surface area contributed by atoms with Crippen LogP contribution in [0.4, 0.5) is 0 Å². The van der Waals surface area contributed by atoms with Crippen LogP contribution in [-0.2, 0) is 4.74 Å². The Hall–Kier alpha value is -3.12. The van der Waals surface area contributed by atoms with E-state index in [0.717, 1.165) is 48.1 Å². The van der Waals surface area contributed by atoms with Crippen molar-refractivity contribution < 1.29 is 18.7 Å². The van der Waals surface area contributed by atoms with Crippen LogP contribution in [0.5, 0.6) is 5.75 Å². The zero-order valence-electron chi connectivity index (χ0n) is 20.1. The van der Waals surface area contributed by atoms with Gasteiger partial charge in [-0.2, -0.15) is 0 Å². The van der Waals surface area contributed by atoms with Gasteiger partial charge in [0.15, 0.2) is 5.43 Å². The number of benzene rings is 2. The number of hydrogen-bond donors (Lipinski definition) is 0. The van der Waals surface area contributed by atoms with Crippen LogP contribution in [0.15, 0.2) is 45.6 Å². The lowest BCUT2D eigenvalue weighted by Crippen LogP contribution is -2.36. The summed E-state index contributed by atoms with van der Waals surface area (Å²) in [5, 5.41) is 0.538. The predicted molar refractivity (Wildman–Crippen MR) is 131 cm³/mol. The Bertz CT molecular complexity index is 1290. The number of rotatable bonds is 7. The van der Waals surface area contributed by atoms with Crippen LogP contribution < -0.4 is 10.2 Å². The van der Waals surface area contributed by atoms with Crippen LogP contribution in [0, 0.1) is 13.8 Å². The lowest BCUT2D eigenvalue weighted by molar-refractivity contribution is 0.0486. The van der Waals surface area contributed by atoms with Crippen LogP contribution >= 0.6 is 0 Å². The Morgan fingerprint density at radius 3 is 2.76 bits per heavy atom. The molecule has 0 saturated carbocycles. The molecular formula is C28H31NO5. The number of nitrogens with zero attached hydrogens (tertiary/aromatic N) is 1. The summed E-state index contributed by atoms with van der Waals surface area (Å²) >= 11 is 0. The van der Waals surface area contributed by atoms with Crippen LogP contribution in [0.1, 0.15) is 71.5 Å². The Labute approximate surface area is 199 Å². The highest BCUT2D eigenvalue weighted by Gasteiger charge is 2.44. The van der Waals surface area contributed by atoms with Crippen molar-refractivity contribution in [3.8, 4) is 5.75 Å². The number of fused-ring (bicyclic) bond motifs is 2.